The first kappa shape index (κ1) is 5.76. The standard InChI is InChI=1S/C9H16/c1-6-7-4-5-9(2,3)8(6)7/h6-8H,4-5H2,1-3H3. The lowest BCUT2D eigenvalue weighted by molar-refractivity contribution is 0.303. The Labute approximate surface area is 57.6 Å². The molecule has 0 aromatic carbocycles. The molecular formula is C9H16. The predicted octanol–water partition coefficient (Wildman–Crippen LogP) is 2.69. The second kappa shape index (κ2) is 1.36. The van der Waals surface area contributed by atoms with Crippen molar-refractivity contribution in [2.75, 3.05) is 0 Å². The lowest BCUT2D eigenvalue weighted by atomic mass is 9.86. The fourth-order valence-corrected chi connectivity index (χ4v) is 2.98. The van der Waals surface area contributed by atoms with Gasteiger partial charge in [0.1, 0.15) is 0 Å². The second-order valence-corrected chi connectivity index (χ2v) is 4.58. The summed E-state index contributed by atoms with van der Waals surface area (Å²) in [7, 11) is 0. The third-order valence-corrected chi connectivity index (χ3v) is 3.59. The molecule has 52 valence electrons. The molecule has 0 nitrogen and oxygen atoms in total. The minimum absolute atomic E-state index is 0.698. The fourth-order valence-electron chi connectivity index (χ4n) is 2.98. The van der Waals surface area contributed by atoms with Crippen LogP contribution in [-0.2, 0) is 0 Å². The van der Waals surface area contributed by atoms with Crippen LogP contribution in [-0.4, -0.2) is 0 Å². The van der Waals surface area contributed by atoms with Crippen molar-refractivity contribution in [2.45, 2.75) is 33.6 Å². The van der Waals surface area contributed by atoms with Crippen LogP contribution in [0.4, 0.5) is 0 Å². The van der Waals surface area contributed by atoms with Gasteiger partial charge in [0, 0.05) is 0 Å². The highest BCUT2D eigenvalue weighted by Gasteiger charge is 2.58. The zero-order valence-electron chi connectivity index (χ0n) is 6.65. The van der Waals surface area contributed by atoms with Gasteiger partial charge in [0.05, 0.1) is 0 Å². The van der Waals surface area contributed by atoms with Crippen molar-refractivity contribution in [3.63, 3.8) is 0 Å². The summed E-state index contributed by atoms with van der Waals surface area (Å²) < 4.78 is 0. The number of fused-ring (bicyclic) bond motifs is 1. The minimum atomic E-state index is 0.698. The molecule has 0 aliphatic heterocycles. The molecule has 2 aliphatic rings. The van der Waals surface area contributed by atoms with E-state index in [0.717, 1.165) is 17.8 Å². The first-order valence-electron chi connectivity index (χ1n) is 4.13. The molecule has 0 radical (unpaired) electrons. The van der Waals surface area contributed by atoms with Crippen molar-refractivity contribution in [3.8, 4) is 0 Å². The van der Waals surface area contributed by atoms with Crippen LogP contribution in [0.5, 0.6) is 0 Å². The van der Waals surface area contributed by atoms with E-state index in [1.807, 2.05) is 0 Å². The lowest BCUT2D eigenvalue weighted by Crippen LogP contribution is -2.11. The molecule has 9 heavy (non-hydrogen) atoms. The first-order chi connectivity index (χ1) is 4.13. The average Bonchev–Trinajstić information content (AvgIpc) is 2.24. The van der Waals surface area contributed by atoms with Crippen LogP contribution in [0.15, 0.2) is 0 Å². The van der Waals surface area contributed by atoms with Crippen molar-refractivity contribution < 1.29 is 0 Å². The van der Waals surface area contributed by atoms with Gasteiger partial charge in [-0.25, -0.2) is 0 Å². The van der Waals surface area contributed by atoms with Crippen LogP contribution >= 0.6 is 0 Å². The van der Waals surface area contributed by atoms with Crippen LogP contribution in [0, 0.1) is 23.2 Å². The van der Waals surface area contributed by atoms with E-state index in [-0.39, 0.29) is 0 Å². The van der Waals surface area contributed by atoms with E-state index in [1.54, 1.807) is 0 Å². The van der Waals surface area contributed by atoms with Gasteiger partial charge in [-0.2, -0.15) is 0 Å². The SMILES string of the molecule is CC1C2CCC(C)(C)C12. The van der Waals surface area contributed by atoms with Crippen molar-refractivity contribution in [3.05, 3.63) is 0 Å². The van der Waals surface area contributed by atoms with Crippen LogP contribution in [0.3, 0.4) is 0 Å². The maximum atomic E-state index is 2.43. The monoisotopic (exact) mass is 124 g/mol. The van der Waals surface area contributed by atoms with Gasteiger partial charge in [-0.3, -0.25) is 0 Å². The molecule has 3 atom stereocenters. The Morgan fingerprint density at radius 2 is 2.00 bits per heavy atom. The molecule has 2 saturated carbocycles. The smallest absolute Gasteiger partial charge is 0.0303 e. The van der Waals surface area contributed by atoms with Crippen LogP contribution in [0.25, 0.3) is 0 Å². The predicted molar refractivity (Wildman–Crippen MR) is 39.2 cm³/mol. The third-order valence-electron chi connectivity index (χ3n) is 3.59. The van der Waals surface area contributed by atoms with E-state index >= 15 is 0 Å². The van der Waals surface area contributed by atoms with Crippen LogP contribution < -0.4 is 0 Å². The second-order valence-electron chi connectivity index (χ2n) is 4.58. The largest absolute Gasteiger partial charge is 0.0619 e. The molecule has 0 aromatic rings. The maximum absolute atomic E-state index is 2.43. The van der Waals surface area contributed by atoms with E-state index in [4.69, 9.17) is 0 Å². The van der Waals surface area contributed by atoms with E-state index in [2.05, 4.69) is 20.8 Å². The zero-order chi connectivity index (χ0) is 6.65. The molecule has 2 rings (SSSR count). The molecule has 2 fully saturated rings. The van der Waals surface area contributed by atoms with Gasteiger partial charge in [-0.1, -0.05) is 20.8 Å². The zero-order valence-corrected chi connectivity index (χ0v) is 6.65. The Morgan fingerprint density at radius 3 is 2.22 bits per heavy atom. The molecule has 0 bridgehead atoms. The summed E-state index contributed by atoms with van der Waals surface area (Å²) in [6.45, 7) is 7.28. The van der Waals surface area contributed by atoms with Gasteiger partial charge >= 0.3 is 0 Å². The summed E-state index contributed by atoms with van der Waals surface area (Å²) in [4.78, 5) is 0. The number of hydrogen-bond donors (Lipinski definition) is 0. The van der Waals surface area contributed by atoms with Gasteiger partial charge in [0.25, 0.3) is 0 Å². The summed E-state index contributed by atoms with van der Waals surface area (Å²) >= 11 is 0. The molecular weight excluding hydrogens is 108 g/mol. The lowest BCUT2D eigenvalue weighted by Gasteiger charge is -2.20. The Morgan fingerprint density at radius 1 is 1.33 bits per heavy atom. The van der Waals surface area contributed by atoms with E-state index in [1.165, 1.54) is 12.8 Å². The molecule has 2 aliphatic carbocycles. The van der Waals surface area contributed by atoms with Crippen LogP contribution in [0.1, 0.15) is 33.6 Å². The molecule has 0 heterocycles. The Kier molecular flexibility index (Phi) is 0.868. The normalized spacial score (nSPS) is 53.0. The Hall–Kier alpha value is 0. The van der Waals surface area contributed by atoms with Gasteiger partial charge in [0.15, 0.2) is 0 Å². The summed E-state index contributed by atoms with van der Waals surface area (Å²) in [6.07, 6.45) is 2.99. The Balaban J connectivity index is 2.16. The van der Waals surface area contributed by atoms with Crippen LogP contribution in [0.2, 0.25) is 0 Å². The molecule has 0 saturated heterocycles. The van der Waals surface area contributed by atoms with E-state index in [0.29, 0.717) is 5.41 Å². The summed E-state index contributed by atoms with van der Waals surface area (Å²) in [5, 5.41) is 0. The van der Waals surface area contributed by atoms with Crippen molar-refractivity contribution in [2.24, 2.45) is 23.2 Å². The quantitative estimate of drug-likeness (QED) is 0.465. The van der Waals surface area contributed by atoms with E-state index in [9.17, 15) is 0 Å². The van der Waals surface area contributed by atoms with E-state index < -0.39 is 0 Å². The molecule has 3 unspecified atom stereocenters. The number of rotatable bonds is 0. The topological polar surface area (TPSA) is 0 Å². The van der Waals surface area contributed by atoms with Crippen molar-refractivity contribution in [1.29, 1.82) is 0 Å². The summed E-state index contributed by atoms with van der Waals surface area (Å²) in [6, 6.07) is 0. The molecule has 0 spiro atoms. The summed E-state index contributed by atoms with van der Waals surface area (Å²) in [5.41, 5.74) is 0.698. The molecule has 0 heteroatoms. The highest BCUT2D eigenvalue weighted by Crippen LogP contribution is 2.65. The van der Waals surface area contributed by atoms with Crippen molar-refractivity contribution >= 4 is 0 Å². The third kappa shape index (κ3) is 0.595. The first-order valence-corrected chi connectivity index (χ1v) is 4.13. The maximum Gasteiger partial charge on any atom is -0.0303 e. The Bertz CT molecular complexity index is 135. The van der Waals surface area contributed by atoms with Gasteiger partial charge < -0.3 is 0 Å². The minimum Gasteiger partial charge on any atom is -0.0619 e. The fraction of sp³-hybridized carbons (Fsp3) is 1.00. The molecule has 0 N–H and O–H groups in total. The number of hydrogen-bond acceptors (Lipinski definition) is 0. The summed E-state index contributed by atoms with van der Waals surface area (Å²) in [5.74, 6) is 3.28. The van der Waals surface area contributed by atoms with Crippen molar-refractivity contribution in [1.82, 2.24) is 0 Å². The highest BCUT2D eigenvalue weighted by atomic mass is 14.6. The highest BCUT2D eigenvalue weighted by molar-refractivity contribution is 5.07. The van der Waals surface area contributed by atoms with Gasteiger partial charge in [-0.15, -0.1) is 0 Å². The molecule has 0 aromatic heterocycles. The molecule has 0 amide bonds. The van der Waals surface area contributed by atoms with Gasteiger partial charge in [0.2, 0.25) is 0 Å². The van der Waals surface area contributed by atoms with Gasteiger partial charge in [-0.05, 0) is 36.0 Å². The average molecular weight is 124 g/mol.